The highest BCUT2D eigenvalue weighted by Gasteiger charge is 2.40. The molecule has 94 valence electrons. The van der Waals surface area contributed by atoms with E-state index in [1.54, 1.807) is 19.1 Å². The maximum absolute atomic E-state index is 11.9. The predicted octanol–water partition coefficient (Wildman–Crippen LogP) is 1.07. The zero-order valence-corrected chi connectivity index (χ0v) is 9.93. The topological polar surface area (TPSA) is 89.3 Å². The summed E-state index contributed by atoms with van der Waals surface area (Å²) in [6.45, 7) is 2.07. The standard InChI is InChI=1S/C12H14N4O2/c1-2-18-12(14)16-9(10(17)15-11(16)13)8-6-4-3-5-7-8/h3-7,9,14H,2H2,1H3,(H2,13,15,17). The third kappa shape index (κ3) is 2.04. The summed E-state index contributed by atoms with van der Waals surface area (Å²) < 4.78 is 5.07. The lowest BCUT2D eigenvalue weighted by Gasteiger charge is -2.22. The molecule has 1 unspecified atom stereocenters. The van der Waals surface area contributed by atoms with Crippen molar-refractivity contribution in [3.63, 3.8) is 0 Å². The number of ether oxygens (including phenoxy) is 1. The summed E-state index contributed by atoms with van der Waals surface area (Å²) >= 11 is 0. The molecule has 18 heavy (non-hydrogen) atoms. The molecule has 0 saturated carbocycles. The van der Waals surface area contributed by atoms with Crippen LogP contribution in [0.1, 0.15) is 18.5 Å². The number of amidine groups is 1. The van der Waals surface area contributed by atoms with Gasteiger partial charge < -0.3 is 4.74 Å². The van der Waals surface area contributed by atoms with Crippen molar-refractivity contribution in [3.05, 3.63) is 35.9 Å². The number of guanidine groups is 1. The minimum atomic E-state index is -0.710. The summed E-state index contributed by atoms with van der Waals surface area (Å²) in [6, 6.07) is 8.14. The van der Waals surface area contributed by atoms with Gasteiger partial charge in [0.2, 0.25) is 5.96 Å². The monoisotopic (exact) mass is 246 g/mol. The molecule has 0 aliphatic carbocycles. The van der Waals surface area contributed by atoms with Gasteiger partial charge in [0, 0.05) is 0 Å². The van der Waals surface area contributed by atoms with Crippen LogP contribution in [0.5, 0.6) is 0 Å². The molecule has 1 heterocycles. The van der Waals surface area contributed by atoms with E-state index < -0.39 is 6.04 Å². The van der Waals surface area contributed by atoms with Crippen molar-refractivity contribution < 1.29 is 9.53 Å². The normalized spacial score (nSPS) is 18.7. The van der Waals surface area contributed by atoms with Crippen LogP contribution in [-0.4, -0.2) is 29.4 Å². The first kappa shape index (κ1) is 12.1. The number of carbonyl (C=O) groups is 1. The lowest BCUT2D eigenvalue weighted by atomic mass is 10.1. The summed E-state index contributed by atoms with van der Waals surface area (Å²) in [5.41, 5.74) is 0.724. The quantitative estimate of drug-likeness (QED) is 0.538. The average Bonchev–Trinajstić information content (AvgIpc) is 2.65. The Labute approximate surface area is 105 Å². The molecule has 0 radical (unpaired) electrons. The Morgan fingerprint density at radius 1 is 1.44 bits per heavy atom. The molecule has 6 heteroatoms. The van der Waals surface area contributed by atoms with E-state index >= 15 is 0 Å². The smallest absolute Gasteiger partial charge is 0.292 e. The number of hydrogen-bond donors (Lipinski definition) is 3. The van der Waals surface area contributed by atoms with Crippen molar-refractivity contribution in [2.24, 2.45) is 0 Å². The fourth-order valence-electron chi connectivity index (χ4n) is 1.85. The Hall–Kier alpha value is -2.37. The molecular weight excluding hydrogens is 232 g/mol. The summed E-state index contributed by atoms with van der Waals surface area (Å²) in [6.07, 6.45) is 0. The van der Waals surface area contributed by atoms with Gasteiger partial charge in [-0.1, -0.05) is 30.3 Å². The molecule has 0 bridgehead atoms. The van der Waals surface area contributed by atoms with Crippen LogP contribution in [0.15, 0.2) is 30.3 Å². The average molecular weight is 246 g/mol. The zero-order valence-electron chi connectivity index (χ0n) is 9.93. The van der Waals surface area contributed by atoms with Crippen LogP contribution in [0.4, 0.5) is 0 Å². The van der Waals surface area contributed by atoms with Crippen LogP contribution in [0.25, 0.3) is 0 Å². The molecule has 1 atom stereocenters. The van der Waals surface area contributed by atoms with Gasteiger partial charge in [0.25, 0.3) is 11.9 Å². The van der Waals surface area contributed by atoms with Gasteiger partial charge in [-0.2, -0.15) is 0 Å². The Morgan fingerprint density at radius 2 is 2.11 bits per heavy atom. The van der Waals surface area contributed by atoms with Gasteiger partial charge >= 0.3 is 0 Å². The molecule has 1 fully saturated rings. The van der Waals surface area contributed by atoms with E-state index in [9.17, 15) is 4.79 Å². The van der Waals surface area contributed by atoms with E-state index in [2.05, 4.69) is 5.32 Å². The molecule has 0 spiro atoms. The molecule has 1 aromatic rings. The van der Waals surface area contributed by atoms with Gasteiger partial charge in [-0.3, -0.25) is 20.9 Å². The van der Waals surface area contributed by atoms with Crippen LogP contribution in [-0.2, 0) is 9.53 Å². The van der Waals surface area contributed by atoms with E-state index in [4.69, 9.17) is 15.6 Å². The first-order valence-corrected chi connectivity index (χ1v) is 5.60. The summed E-state index contributed by atoms with van der Waals surface area (Å²) in [5.74, 6) is -0.456. The predicted molar refractivity (Wildman–Crippen MR) is 66.2 cm³/mol. The van der Waals surface area contributed by atoms with Crippen LogP contribution < -0.4 is 5.32 Å². The van der Waals surface area contributed by atoms with Crippen molar-refractivity contribution in [3.8, 4) is 0 Å². The number of amides is 1. The minimum Gasteiger partial charge on any atom is -0.465 e. The summed E-state index contributed by atoms with van der Waals surface area (Å²) in [5, 5.41) is 17.9. The van der Waals surface area contributed by atoms with Crippen LogP contribution in [0, 0.1) is 10.8 Å². The number of nitrogens with zero attached hydrogens (tertiary/aromatic N) is 1. The molecule has 1 aliphatic heterocycles. The van der Waals surface area contributed by atoms with Crippen molar-refractivity contribution in [2.45, 2.75) is 13.0 Å². The van der Waals surface area contributed by atoms with Crippen molar-refractivity contribution in [1.29, 1.82) is 10.8 Å². The fraction of sp³-hybridized carbons (Fsp3) is 0.250. The van der Waals surface area contributed by atoms with Crippen LogP contribution in [0.2, 0.25) is 0 Å². The van der Waals surface area contributed by atoms with Crippen LogP contribution >= 0.6 is 0 Å². The number of benzene rings is 1. The molecule has 6 nitrogen and oxygen atoms in total. The van der Waals surface area contributed by atoms with E-state index in [1.807, 2.05) is 18.2 Å². The molecular formula is C12H14N4O2. The van der Waals surface area contributed by atoms with Gasteiger partial charge in [0.1, 0.15) is 6.04 Å². The largest absolute Gasteiger partial charge is 0.465 e. The third-order valence-electron chi connectivity index (χ3n) is 2.60. The molecule has 3 N–H and O–H groups in total. The maximum atomic E-state index is 11.9. The molecule has 2 rings (SSSR count). The Morgan fingerprint density at radius 3 is 2.72 bits per heavy atom. The Bertz CT molecular complexity index is 486. The number of hydrogen-bond acceptors (Lipinski definition) is 4. The highest BCUT2D eigenvalue weighted by molar-refractivity contribution is 6.12. The van der Waals surface area contributed by atoms with Gasteiger partial charge in [-0.05, 0) is 12.5 Å². The second-order valence-corrected chi connectivity index (χ2v) is 3.76. The minimum absolute atomic E-state index is 0.132. The highest BCUT2D eigenvalue weighted by Crippen LogP contribution is 2.25. The van der Waals surface area contributed by atoms with Crippen LogP contribution in [0.3, 0.4) is 0 Å². The van der Waals surface area contributed by atoms with Gasteiger partial charge in [-0.15, -0.1) is 0 Å². The molecule has 1 aliphatic rings. The van der Waals surface area contributed by atoms with Crippen molar-refractivity contribution in [2.75, 3.05) is 6.61 Å². The second kappa shape index (κ2) is 4.87. The molecule has 1 aromatic carbocycles. The second-order valence-electron chi connectivity index (χ2n) is 3.76. The highest BCUT2D eigenvalue weighted by atomic mass is 16.5. The Kier molecular flexibility index (Phi) is 3.27. The lowest BCUT2D eigenvalue weighted by molar-refractivity contribution is -0.121. The van der Waals surface area contributed by atoms with E-state index in [1.165, 1.54) is 4.90 Å². The Balaban J connectivity index is 2.34. The van der Waals surface area contributed by atoms with E-state index in [-0.39, 0.29) is 17.9 Å². The maximum Gasteiger partial charge on any atom is 0.292 e. The lowest BCUT2D eigenvalue weighted by Crippen LogP contribution is -2.37. The zero-order chi connectivity index (χ0) is 13.1. The van der Waals surface area contributed by atoms with E-state index in [0.29, 0.717) is 6.61 Å². The van der Waals surface area contributed by atoms with Gasteiger partial charge in [-0.25, -0.2) is 4.90 Å². The fourth-order valence-corrected chi connectivity index (χ4v) is 1.85. The van der Waals surface area contributed by atoms with Gasteiger partial charge in [0.05, 0.1) is 6.61 Å². The number of carbonyl (C=O) groups excluding carboxylic acids is 1. The first-order chi connectivity index (χ1) is 8.65. The molecule has 1 saturated heterocycles. The van der Waals surface area contributed by atoms with Gasteiger partial charge in [0.15, 0.2) is 0 Å². The van der Waals surface area contributed by atoms with E-state index in [0.717, 1.165) is 5.56 Å². The number of nitrogens with one attached hydrogen (secondary N) is 3. The summed E-state index contributed by atoms with van der Waals surface area (Å²) in [7, 11) is 0. The summed E-state index contributed by atoms with van der Waals surface area (Å²) in [4.78, 5) is 13.1. The first-order valence-electron chi connectivity index (χ1n) is 5.60. The molecule has 1 amide bonds. The SMILES string of the molecule is CCOC(=N)N1C(=N)NC(=O)C1c1ccccc1. The number of rotatable bonds is 2. The van der Waals surface area contributed by atoms with Crippen molar-refractivity contribution in [1.82, 2.24) is 10.2 Å². The third-order valence-corrected chi connectivity index (χ3v) is 2.60. The molecule has 0 aromatic heterocycles. The van der Waals surface area contributed by atoms with Crippen molar-refractivity contribution >= 4 is 17.9 Å².